The molecule has 0 aliphatic carbocycles. The van der Waals surface area contributed by atoms with Gasteiger partial charge in [-0.1, -0.05) is 6.92 Å². The number of ether oxygens (including phenoxy) is 2. The number of esters is 1. The number of carbonyl (C=O) groups excluding carboxylic acids is 2. The van der Waals surface area contributed by atoms with Crippen LogP contribution in [0.2, 0.25) is 0 Å². The molecule has 23 heavy (non-hydrogen) atoms. The number of hydrogen-bond acceptors (Lipinski definition) is 6. The number of benzene rings is 1. The molecule has 2 rings (SSSR count). The zero-order valence-electron chi connectivity index (χ0n) is 13.0. The van der Waals surface area contributed by atoms with Crippen LogP contribution in [0, 0.1) is 0 Å². The Hall–Kier alpha value is -1.93. The highest BCUT2D eigenvalue weighted by atomic mass is 32.2. The molecule has 126 valence electrons. The minimum absolute atomic E-state index is 0.00458. The van der Waals surface area contributed by atoms with Crippen LogP contribution in [0.4, 0.5) is 0 Å². The van der Waals surface area contributed by atoms with E-state index in [9.17, 15) is 18.0 Å². The lowest BCUT2D eigenvalue weighted by Crippen LogP contribution is -2.41. The van der Waals surface area contributed by atoms with Gasteiger partial charge in [0.15, 0.2) is 0 Å². The molecule has 1 aromatic rings. The quantitative estimate of drug-likeness (QED) is 0.717. The number of Topliss-reactive ketones (excluding diaryl/α,β-unsaturated/α-hetero) is 1. The van der Waals surface area contributed by atoms with Gasteiger partial charge in [-0.05, 0) is 30.7 Å². The first-order chi connectivity index (χ1) is 10.9. The van der Waals surface area contributed by atoms with Crippen LogP contribution in [0.1, 0.15) is 19.8 Å². The summed E-state index contributed by atoms with van der Waals surface area (Å²) in [7, 11) is -2.79. The minimum atomic E-state index is -3.96. The van der Waals surface area contributed by atoms with Crippen molar-refractivity contribution in [3.63, 3.8) is 0 Å². The normalized spacial score (nSPS) is 18.9. The van der Waals surface area contributed by atoms with Gasteiger partial charge in [-0.2, -0.15) is 4.31 Å². The van der Waals surface area contributed by atoms with Crippen molar-refractivity contribution in [2.45, 2.75) is 30.7 Å². The van der Waals surface area contributed by atoms with Gasteiger partial charge in [-0.3, -0.25) is 9.59 Å². The summed E-state index contributed by atoms with van der Waals surface area (Å²) in [5, 5.41) is 0. The molecule has 8 heteroatoms. The summed E-state index contributed by atoms with van der Waals surface area (Å²) in [6, 6.07) is 4.80. The number of ketones is 1. The molecule has 0 unspecified atom stereocenters. The third-order valence-electron chi connectivity index (χ3n) is 3.48. The second kappa shape index (κ2) is 7.10. The highest BCUT2D eigenvalue weighted by Gasteiger charge is 2.44. The van der Waals surface area contributed by atoms with Gasteiger partial charge in [0.25, 0.3) is 0 Å². The molecule has 0 amide bonds. The highest BCUT2D eigenvalue weighted by Crippen LogP contribution is 2.26. The number of hydrogen-bond donors (Lipinski definition) is 0. The largest absolute Gasteiger partial charge is 0.494 e. The molecule has 0 N–H and O–H groups in total. The van der Waals surface area contributed by atoms with E-state index in [0.29, 0.717) is 12.4 Å². The van der Waals surface area contributed by atoms with Crippen LogP contribution in [0.25, 0.3) is 0 Å². The van der Waals surface area contributed by atoms with E-state index in [0.717, 1.165) is 17.8 Å². The maximum Gasteiger partial charge on any atom is 0.324 e. The second-order valence-electron chi connectivity index (χ2n) is 5.15. The van der Waals surface area contributed by atoms with Gasteiger partial charge in [0.2, 0.25) is 10.0 Å². The standard InChI is InChI=1S/C15H19NO6S/c1-3-8-22-12-4-6-13(7-5-12)23(19,20)16-10-11(17)9-14(16)15(18)21-2/h4-7,14H,3,8-10H2,1-2H3/t14-/m1/s1. The lowest BCUT2D eigenvalue weighted by Gasteiger charge is -2.21. The highest BCUT2D eigenvalue weighted by molar-refractivity contribution is 7.89. The first-order valence-electron chi connectivity index (χ1n) is 7.24. The monoisotopic (exact) mass is 341 g/mol. The summed E-state index contributed by atoms with van der Waals surface area (Å²) in [5.74, 6) is -0.484. The number of rotatable bonds is 6. The van der Waals surface area contributed by atoms with Crippen LogP contribution in [0.3, 0.4) is 0 Å². The Bertz CT molecular complexity index is 682. The van der Waals surface area contributed by atoms with Gasteiger partial charge in [-0.15, -0.1) is 0 Å². The summed E-state index contributed by atoms with van der Waals surface area (Å²) in [6.07, 6.45) is 0.681. The lowest BCUT2D eigenvalue weighted by atomic mass is 10.2. The molecule has 0 bridgehead atoms. The summed E-state index contributed by atoms with van der Waals surface area (Å²) in [4.78, 5) is 23.3. The average Bonchev–Trinajstić information content (AvgIpc) is 2.95. The predicted molar refractivity (Wildman–Crippen MR) is 81.5 cm³/mol. The molecule has 1 aliphatic heterocycles. The van der Waals surface area contributed by atoms with Crippen molar-refractivity contribution in [3.8, 4) is 5.75 Å². The van der Waals surface area contributed by atoms with Crippen LogP contribution in [0.15, 0.2) is 29.2 Å². The SMILES string of the molecule is CCCOc1ccc(S(=O)(=O)N2CC(=O)C[C@@H]2C(=O)OC)cc1. The van der Waals surface area contributed by atoms with Crippen LogP contribution in [-0.2, 0) is 24.3 Å². The van der Waals surface area contributed by atoms with Crippen molar-refractivity contribution in [1.82, 2.24) is 4.31 Å². The van der Waals surface area contributed by atoms with Crippen molar-refractivity contribution in [3.05, 3.63) is 24.3 Å². The van der Waals surface area contributed by atoms with Gasteiger partial charge >= 0.3 is 5.97 Å². The molecule has 0 radical (unpaired) electrons. The van der Waals surface area contributed by atoms with E-state index in [-0.39, 0.29) is 23.6 Å². The predicted octanol–water partition coefficient (Wildman–Crippen LogP) is 0.980. The maximum absolute atomic E-state index is 12.7. The fourth-order valence-corrected chi connectivity index (χ4v) is 3.88. The van der Waals surface area contributed by atoms with E-state index in [2.05, 4.69) is 4.74 Å². The first-order valence-corrected chi connectivity index (χ1v) is 8.68. The first kappa shape index (κ1) is 17.4. The Morgan fingerprint density at radius 1 is 1.30 bits per heavy atom. The van der Waals surface area contributed by atoms with E-state index >= 15 is 0 Å². The van der Waals surface area contributed by atoms with Crippen molar-refractivity contribution in [2.75, 3.05) is 20.3 Å². The number of sulfonamides is 1. The molecule has 1 heterocycles. The molecule has 1 atom stereocenters. The van der Waals surface area contributed by atoms with Crippen LogP contribution < -0.4 is 4.74 Å². The smallest absolute Gasteiger partial charge is 0.324 e. The Kier molecular flexibility index (Phi) is 5.38. The Morgan fingerprint density at radius 3 is 2.52 bits per heavy atom. The third kappa shape index (κ3) is 3.70. The molecule has 0 aromatic heterocycles. The van der Waals surface area contributed by atoms with Crippen LogP contribution in [0.5, 0.6) is 5.75 Å². The van der Waals surface area contributed by atoms with Crippen LogP contribution >= 0.6 is 0 Å². The van der Waals surface area contributed by atoms with Crippen molar-refractivity contribution in [2.24, 2.45) is 0 Å². The molecule has 0 spiro atoms. The maximum atomic E-state index is 12.7. The fourth-order valence-electron chi connectivity index (χ4n) is 2.32. The minimum Gasteiger partial charge on any atom is -0.494 e. The molecule has 1 aliphatic rings. The molecule has 1 saturated heterocycles. The Morgan fingerprint density at radius 2 is 1.96 bits per heavy atom. The topological polar surface area (TPSA) is 90.0 Å². The van der Waals surface area contributed by atoms with E-state index in [4.69, 9.17) is 4.74 Å². The van der Waals surface area contributed by atoms with Crippen molar-refractivity contribution < 1.29 is 27.5 Å². The number of carbonyl (C=O) groups is 2. The van der Waals surface area contributed by atoms with E-state index in [1.165, 1.54) is 12.1 Å². The molecular formula is C15H19NO6S. The van der Waals surface area contributed by atoms with Gasteiger partial charge < -0.3 is 9.47 Å². The van der Waals surface area contributed by atoms with Gasteiger partial charge in [0, 0.05) is 6.42 Å². The molecule has 0 saturated carbocycles. The van der Waals surface area contributed by atoms with Gasteiger partial charge in [0.05, 0.1) is 25.2 Å². The second-order valence-corrected chi connectivity index (χ2v) is 7.04. The molecule has 1 aromatic carbocycles. The lowest BCUT2D eigenvalue weighted by molar-refractivity contribution is -0.144. The fraction of sp³-hybridized carbons (Fsp3) is 0.467. The third-order valence-corrected chi connectivity index (χ3v) is 5.35. The average molecular weight is 341 g/mol. The van der Waals surface area contributed by atoms with Crippen molar-refractivity contribution >= 4 is 21.8 Å². The Balaban J connectivity index is 2.26. The zero-order valence-corrected chi connectivity index (χ0v) is 13.8. The summed E-state index contributed by atoms with van der Waals surface area (Å²) in [5.41, 5.74) is 0. The number of nitrogens with zero attached hydrogens (tertiary/aromatic N) is 1. The van der Waals surface area contributed by atoms with Crippen molar-refractivity contribution in [1.29, 1.82) is 0 Å². The summed E-state index contributed by atoms with van der Waals surface area (Å²) < 4.78 is 36.2. The molecule has 1 fully saturated rings. The number of methoxy groups -OCH3 is 1. The summed E-state index contributed by atoms with van der Waals surface area (Å²) in [6.45, 7) is 2.18. The van der Waals surface area contributed by atoms with Crippen LogP contribution in [-0.4, -0.2) is 50.8 Å². The zero-order chi connectivity index (χ0) is 17.0. The van der Waals surface area contributed by atoms with Gasteiger partial charge in [-0.25, -0.2) is 8.42 Å². The van der Waals surface area contributed by atoms with Gasteiger partial charge in [0.1, 0.15) is 17.6 Å². The van der Waals surface area contributed by atoms with E-state index < -0.39 is 22.0 Å². The Labute approximate surface area is 135 Å². The molecular weight excluding hydrogens is 322 g/mol. The molecule has 7 nitrogen and oxygen atoms in total. The van der Waals surface area contributed by atoms with E-state index in [1.54, 1.807) is 12.1 Å². The van der Waals surface area contributed by atoms with E-state index in [1.807, 2.05) is 6.92 Å². The summed E-state index contributed by atoms with van der Waals surface area (Å²) >= 11 is 0.